The SMILES string of the molecule is CN(c1ccc(Cl)cc1)c1ccc(C(=O)c2ccc(Oc3ccccc3S(C)=O)c(C(=O)O)c2)nc1. The first-order valence-electron chi connectivity index (χ1n) is 10.7. The van der Waals surface area contributed by atoms with Gasteiger partial charge in [-0.25, -0.2) is 4.79 Å². The van der Waals surface area contributed by atoms with Crippen LogP contribution in [0.25, 0.3) is 0 Å². The van der Waals surface area contributed by atoms with Crippen molar-refractivity contribution in [1.82, 2.24) is 4.98 Å². The number of carboxylic acid groups (broad SMARTS) is 1. The summed E-state index contributed by atoms with van der Waals surface area (Å²) in [5, 5.41) is 10.4. The van der Waals surface area contributed by atoms with Gasteiger partial charge < -0.3 is 14.7 Å². The lowest BCUT2D eigenvalue weighted by molar-refractivity contribution is 0.0694. The number of rotatable bonds is 8. The maximum Gasteiger partial charge on any atom is 0.339 e. The fraction of sp³-hybridized carbons (Fsp3) is 0.0741. The molecule has 36 heavy (non-hydrogen) atoms. The molecule has 0 aliphatic rings. The molecule has 1 unspecified atom stereocenters. The minimum Gasteiger partial charge on any atom is -0.478 e. The van der Waals surface area contributed by atoms with Crippen LogP contribution in [0, 0.1) is 0 Å². The predicted molar refractivity (Wildman–Crippen MR) is 139 cm³/mol. The molecule has 0 aliphatic carbocycles. The fourth-order valence-electron chi connectivity index (χ4n) is 3.50. The zero-order valence-electron chi connectivity index (χ0n) is 19.3. The monoisotopic (exact) mass is 520 g/mol. The summed E-state index contributed by atoms with van der Waals surface area (Å²) < 4.78 is 17.8. The molecule has 4 aromatic rings. The quantitative estimate of drug-likeness (QED) is 0.286. The Morgan fingerprint density at radius 3 is 2.28 bits per heavy atom. The van der Waals surface area contributed by atoms with E-state index in [9.17, 15) is 18.9 Å². The Kier molecular flexibility index (Phi) is 7.47. The van der Waals surface area contributed by atoms with Gasteiger partial charge in [-0.15, -0.1) is 0 Å². The van der Waals surface area contributed by atoms with Gasteiger partial charge in [0.25, 0.3) is 0 Å². The molecule has 0 radical (unpaired) electrons. The van der Waals surface area contributed by atoms with Gasteiger partial charge in [0.05, 0.1) is 27.6 Å². The smallest absolute Gasteiger partial charge is 0.339 e. The van der Waals surface area contributed by atoms with Crippen LogP contribution in [0.15, 0.2) is 90.0 Å². The Balaban J connectivity index is 1.59. The van der Waals surface area contributed by atoms with Crippen molar-refractivity contribution in [3.05, 3.63) is 107 Å². The molecule has 4 rings (SSSR count). The number of hydrogen-bond donors (Lipinski definition) is 1. The number of aromatic carboxylic acids is 1. The van der Waals surface area contributed by atoms with E-state index >= 15 is 0 Å². The number of carboxylic acids is 1. The lowest BCUT2D eigenvalue weighted by atomic mass is 10.0. The van der Waals surface area contributed by atoms with Crippen molar-refractivity contribution in [2.75, 3.05) is 18.2 Å². The number of anilines is 2. The van der Waals surface area contributed by atoms with Crippen molar-refractivity contribution in [2.45, 2.75) is 4.90 Å². The second-order valence-electron chi connectivity index (χ2n) is 7.79. The van der Waals surface area contributed by atoms with E-state index in [0.717, 1.165) is 11.4 Å². The lowest BCUT2D eigenvalue weighted by Gasteiger charge is -2.19. The second kappa shape index (κ2) is 10.7. The van der Waals surface area contributed by atoms with Gasteiger partial charge in [-0.3, -0.25) is 14.0 Å². The third kappa shape index (κ3) is 5.45. The zero-order chi connectivity index (χ0) is 25.8. The Morgan fingerprint density at radius 2 is 1.64 bits per heavy atom. The Hall–Kier alpha value is -4.01. The van der Waals surface area contributed by atoms with Crippen LogP contribution in [-0.4, -0.2) is 39.4 Å². The highest BCUT2D eigenvalue weighted by molar-refractivity contribution is 7.84. The largest absolute Gasteiger partial charge is 0.478 e. The lowest BCUT2D eigenvalue weighted by Crippen LogP contribution is -2.11. The summed E-state index contributed by atoms with van der Waals surface area (Å²) in [6.45, 7) is 0. The van der Waals surface area contributed by atoms with E-state index in [1.807, 2.05) is 24.1 Å². The summed E-state index contributed by atoms with van der Waals surface area (Å²) in [5.41, 5.74) is 1.78. The number of ether oxygens (including phenoxy) is 1. The van der Waals surface area contributed by atoms with Crippen molar-refractivity contribution in [1.29, 1.82) is 0 Å². The summed E-state index contributed by atoms with van der Waals surface area (Å²) in [4.78, 5) is 31.6. The van der Waals surface area contributed by atoms with Gasteiger partial charge in [-0.2, -0.15) is 0 Å². The molecular formula is C27H21ClN2O5S. The molecule has 1 heterocycles. The highest BCUT2D eigenvalue weighted by Crippen LogP contribution is 2.31. The van der Waals surface area contributed by atoms with E-state index in [1.54, 1.807) is 54.7 Å². The summed E-state index contributed by atoms with van der Waals surface area (Å²) in [5.74, 6) is -1.38. The molecule has 1 N–H and O–H groups in total. The van der Waals surface area contributed by atoms with Crippen molar-refractivity contribution in [3.63, 3.8) is 0 Å². The molecule has 0 bridgehead atoms. The number of pyridine rings is 1. The summed E-state index contributed by atoms with van der Waals surface area (Å²) in [7, 11) is 0.536. The van der Waals surface area contributed by atoms with Crippen LogP contribution in [0.5, 0.6) is 11.5 Å². The third-order valence-corrected chi connectivity index (χ3v) is 6.64. The molecule has 9 heteroatoms. The molecule has 1 atom stereocenters. The van der Waals surface area contributed by atoms with Gasteiger partial charge in [0.1, 0.15) is 22.8 Å². The van der Waals surface area contributed by atoms with E-state index in [-0.39, 0.29) is 28.3 Å². The van der Waals surface area contributed by atoms with E-state index in [4.69, 9.17) is 16.3 Å². The number of aromatic nitrogens is 1. The van der Waals surface area contributed by atoms with Crippen LogP contribution in [0.4, 0.5) is 11.4 Å². The third-order valence-electron chi connectivity index (χ3n) is 5.43. The molecule has 1 aromatic heterocycles. The molecule has 182 valence electrons. The van der Waals surface area contributed by atoms with Gasteiger partial charge in [-0.1, -0.05) is 23.7 Å². The van der Waals surface area contributed by atoms with Gasteiger partial charge in [0.2, 0.25) is 5.78 Å². The summed E-state index contributed by atoms with van der Waals surface area (Å²) in [6, 6.07) is 21.5. The summed E-state index contributed by atoms with van der Waals surface area (Å²) >= 11 is 5.95. The average Bonchev–Trinajstić information content (AvgIpc) is 2.88. The molecule has 0 saturated carbocycles. The average molecular weight is 521 g/mol. The molecular weight excluding hydrogens is 500 g/mol. The van der Waals surface area contributed by atoms with Crippen LogP contribution in [0.1, 0.15) is 26.4 Å². The van der Waals surface area contributed by atoms with Crippen molar-refractivity contribution in [3.8, 4) is 11.5 Å². The number of hydrogen-bond acceptors (Lipinski definition) is 6. The van der Waals surface area contributed by atoms with Gasteiger partial charge in [0.15, 0.2) is 0 Å². The molecule has 0 spiro atoms. The Morgan fingerprint density at radius 1 is 0.944 bits per heavy atom. The van der Waals surface area contributed by atoms with Crippen LogP contribution < -0.4 is 9.64 Å². The maximum atomic E-state index is 13.1. The number of para-hydroxylation sites is 1. The Labute approximate surface area is 215 Å². The number of benzene rings is 3. The first kappa shape index (κ1) is 25.1. The molecule has 0 fully saturated rings. The molecule has 0 saturated heterocycles. The van der Waals surface area contributed by atoms with Gasteiger partial charge in [0, 0.05) is 29.6 Å². The fourth-order valence-corrected chi connectivity index (χ4v) is 4.29. The topological polar surface area (TPSA) is 96.8 Å². The van der Waals surface area contributed by atoms with Crippen LogP contribution >= 0.6 is 11.6 Å². The molecule has 3 aromatic carbocycles. The molecule has 0 amide bonds. The second-order valence-corrected chi connectivity index (χ2v) is 9.57. The van der Waals surface area contributed by atoms with E-state index in [1.165, 1.54) is 24.5 Å². The number of halogens is 1. The van der Waals surface area contributed by atoms with Crippen molar-refractivity contribution < 1.29 is 23.6 Å². The zero-order valence-corrected chi connectivity index (χ0v) is 20.9. The van der Waals surface area contributed by atoms with E-state index in [2.05, 4.69) is 4.98 Å². The Bertz CT molecular complexity index is 1460. The molecule has 7 nitrogen and oxygen atoms in total. The van der Waals surface area contributed by atoms with Gasteiger partial charge >= 0.3 is 5.97 Å². The van der Waals surface area contributed by atoms with Crippen molar-refractivity contribution in [2.24, 2.45) is 0 Å². The minimum absolute atomic E-state index is 0.0323. The van der Waals surface area contributed by atoms with Crippen LogP contribution in [0.2, 0.25) is 5.02 Å². The minimum atomic E-state index is -1.33. The van der Waals surface area contributed by atoms with E-state index < -0.39 is 22.6 Å². The first-order chi connectivity index (χ1) is 17.2. The highest BCUT2D eigenvalue weighted by atomic mass is 35.5. The number of nitrogens with zero attached hydrogens (tertiary/aromatic N) is 2. The molecule has 0 aliphatic heterocycles. The predicted octanol–water partition coefficient (Wildman–Crippen LogP) is 5.96. The first-order valence-corrected chi connectivity index (χ1v) is 12.7. The highest BCUT2D eigenvalue weighted by Gasteiger charge is 2.19. The number of carbonyl (C=O) groups is 2. The number of carbonyl (C=O) groups excluding carboxylic acids is 1. The number of ketones is 1. The van der Waals surface area contributed by atoms with Crippen LogP contribution in [-0.2, 0) is 10.8 Å². The van der Waals surface area contributed by atoms with Crippen molar-refractivity contribution >= 4 is 45.5 Å². The van der Waals surface area contributed by atoms with E-state index in [0.29, 0.717) is 9.92 Å². The maximum absolute atomic E-state index is 13.1. The van der Waals surface area contributed by atoms with Crippen LogP contribution in [0.3, 0.4) is 0 Å². The standard InChI is InChI=1S/C27H21ClN2O5S/c1-30(19-10-8-18(28)9-11-19)20-12-13-22(29-16-20)26(31)17-7-14-23(21(15-17)27(32)33)35-24-5-3-4-6-25(24)36(2)34/h3-16H,1-2H3,(H,32,33). The summed E-state index contributed by atoms with van der Waals surface area (Å²) in [6.07, 6.45) is 3.08. The van der Waals surface area contributed by atoms with Gasteiger partial charge in [-0.05, 0) is 66.7 Å². The normalized spacial score (nSPS) is 11.5.